The van der Waals surface area contributed by atoms with Crippen LogP contribution in [0.15, 0.2) is 36.4 Å². The number of ether oxygens (including phenoxy) is 1. The molecule has 0 bridgehead atoms. The Bertz CT molecular complexity index is 863. The van der Waals surface area contributed by atoms with Crippen LogP contribution in [0.25, 0.3) is 0 Å². The summed E-state index contributed by atoms with van der Waals surface area (Å²) in [6.07, 6.45) is -5.68. The quantitative estimate of drug-likeness (QED) is 0.591. The van der Waals surface area contributed by atoms with Crippen LogP contribution < -0.4 is 4.74 Å². The summed E-state index contributed by atoms with van der Waals surface area (Å²) in [5, 5.41) is 10.8. The molecule has 2 atom stereocenters. The topological polar surface area (TPSA) is 29.5 Å². The second-order valence-electron chi connectivity index (χ2n) is 7.67. The van der Waals surface area contributed by atoms with E-state index in [1.54, 1.807) is 0 Å². The summed E-state index contributed by atoms with van der Waals surface area (Å²) in [6.45, 7) is 1.70. The van der Waals surface area contributed by atoms with Crippen molar-refractivity contribution in [2.75, 3.05) is 13.8 Å². The van der Waals surface area contributed by atoms with Gasteiger partial charge in [-0.05, 0) is 43.2 Å². The molecule has 0 spiro atoms. The number of rotatable bonds is 7. The Morgan fingerprint density at radius 3 is 2.21 bits per heavy atom. The van der Waals surface area contributed by atoms with Gasteiger partial charge in [-0.25, -0.2) is 8.78 Å². The summed E-state index contributed by atoms with van der Waals surface area (Å²) in [6, 6.07) is 6.32. The maximum Gasteiger partial charge on any atom is 0.419 e. The molecule has 0 saturated carbocycles. The van der Waals surface area contributed by atoms with Crippen molar-refractivity contribution in [1.82, 2.24) is 0 Å². The van der Waals surface area contributed by atoms with Crippen molar-refractivity contribution < 1.29 is 36.2 Å². The maximum atomic E-state index is 14.3. The van der Waals surface area contributed by atoms with Gasteiger partial charge in [0.25, 0.3) is 0 Å². The molecular formula is C21H22F6O2. The standard InChI is InChI=1S/C21H22F6O2/c1-19(12-22,16-9-14(23)7-8-17(16)29-3)11-20(2,28)10-13-5-4-6-15(18(13)24)21(25,26)27/h4-9,28H,10-12H2,1-3H3. The molecule has 160 valence electrons. The highest BCUT2D eigenvalue weighted by molar-refractivity contribution is 5.40. The Balaban J connectivity index is 2.38. The van der Waals surface area contributed by atoms with Crippen LogP contribution in [-0.4, -0.2) is 24.5 Å². The summed E-state index contributed by atoms with van der Waals surface area (Å²) in [7, 11) is 1.32. The van der Waals surface area contributed by atoms with E-state index in [2.05, 4.69) is 0 Å². The van der Waals surface area contributed by atoms with Crippen molar-refractivity contribution in [3.63, 3.8) is 0 Å². The Morgan fingerprint density at radius 1 is 1.00 bits per heavy atom. The van der Waals surface area contributed by atoms with Crippen LogP contribution in [-0.2, 0) is 18.0 Å². The molecule has 2 aromatic rings. The first-order valence-electron chi connectivity index (χ1n) is 8.80. The van der Waals surface area contributed by atoms with Gasteiger partial charge in [0.2, 0.25) is 0 Å². The van der Waals surface area contributed by atoms with Crippen LogP contribution in [0, 0.1) is 11.6 Å². The van der Waals surface area contributed by atoms with Crippen LogP contribution in [0.3, 0.4) is 0 Å². The van der Waals surface area contributed by atoms with Crippen molar-refractivity contribution in [2.24, 2.45) is 0 Å². The van der Waals surface area contributed by atoms with Gasteiger partial charge in [-0.15, -0.1) is 0 Å². The summed E-state index contributed by atoms with van der Waals surface area (Å²) >= 11 is 0. The molecule has 0 aliphatic carbocycles. The van der Waals surface area contributed by atoms with Crippen LogP contribution >= 0.6 is 0 Å². The third kappa shape index (κ3) is 5.23. The number of benzene rings is 2. The molecule has 2 unspecified atom stereocenters. The van der Waals surface area contributed by atoms with E-state index in [0.29, 0.717) is 6.07 Å². The Morgan fingerprint density at radius 2 is 1.66 bits per heavy atom. The highest BCUT2D eigenvalue weighted by atomic mass is 19.4. The monoisotopic (exact) mass is 420 g/mol. The minimum Gasteiger partial charge on any atom is -0.496 e. The van der Waals surface area contributed by atoms with E-state index in [1.165, 1.54) is 27.0 Å². The van der Waals surface area contributed by atoms with Gasteiger partial charge in [-0.2, -0.15) is 13.2 Å². The maximum absolute atomic E-state index is 14.3. The largest absolute Gasteiger partial charge is 0.496 e. The lowest BCUT2D eigenvalue weighted by molar-refractivity contribution is -0.140. The second-order valence-corrected chi connectivity index (χ2v) is 7.67. The zero-order valence-corrected chi connectivity index (χ0v) is 16.2. The predicted octanol–water partition coefficient (Wildman–Crippen LogP) is 5.60. The summed E-state index contributed by atoms with van der Waals surface area (Å²) in [4.78, 5) is 0. The van der Waals surface area contributed by atoms with Gasteiger partial charge >= 0.3 is 6.18 Å². The Kier molecular flexibility index (Phi) is 6.57. The molecule has 1 N–H and O–H groups in total. The van der Waals surface area contributed by atoms with E-state index < -0.39 is 47.5 Å². The first kappa shape index (κ1) is 23.1. The first-order valence-corrected chi connectivity index (χ1v) is 8.80. The molecule has 0 radical (unpaired) electrons. The van der Waals surface area contributed by atoms with Gasteiger partial charge in [0.1, 0.15) is 17.4 Å². The highest BCUT2D eigenvalue weighted by Crippen LogP contribution is 2.40. The number of aliphatic hydroxyl groups is 1. The third-order valence-corrected chi connectivity index (χ3v) is 4.83. The van der Waals surface area contributed by atoms with E-state index in [9.17, 15) is 31.4 Å². The fourth-order valence-corrected chi connectivity index (χ4v) is 3.61. The average molecular weight is 420 g/mol. The average Bonchev–Trinajstić information content (AvgIpc) is 2.61. The minimum atomic E-state index is -4.88. The Hall–Kier alpha value is -2.22. The SMILES string of the molecule is COc1ccc(F)cc1C(C)(CF)CC(C)(O)Cc1cccc(C(F)(F)F)c1F. The van der Waals surface area contributed by atoms with Crippen LogP contribution in [0.2, 0.25) is 0 Å². The molecule has 0 aliphatic rings. The fraction of sp³-hybridized carbons (Fsp3) is 0.429. The van der Waals surface area contributed by atoms with Gasteiger partial charge in [-0.1, -0.05) is 19.1 Å². The molecule has 2 rings (SSSR count). The number of hydrogen-bond donors (Lipinski definition) is 1. The number of halogens is 6. The van der Waals surface area contributed by atoms with Gasteiger partial charge in [0, 0.05) is 17.4 Å². The fourth-order valence-electron chi connectivity index (χ4n) is 3.61. The lowest BCUT2D eigenvalue weighted by Gasteiger charge is -2.36. The molecule has 29 heavy (non-hydrogen) atoms. The zero-order valence-electron chi connectivity index (χ0n) is 16.2. The molecule has 2 nitrogen and oxygen atoms in total. The molecular weight excluding hydrogens is 398 g/mol. The summed E-state index contributed by atoms with van der Waals surface area (Å²) in [5.41, 5.74) is -4.84. The smallest absolute Gasteiger partial charge is 0.419 e. The zero-order chi connectivity index (χ0) is 22.0. The number of methoxy groups -OCH3 is 1. The first-order chi connectivity index (χ1) is 13.3. The van der Waals surface area contributed by atoms with Gasteiger partial charge < -0.3 is 9.84 Å². The highest BCUT2D eigenvalue weighted by Gasteiger charge is 2.40. The van der Waals surface area contributed by atoms with Gasteiger partial charge in [0.15, 0.2) is 0 Å². The van der Waals surface area contributed by atoms with E-state index in [1.807, 2.05) is 0 Å². The third-order valence-electron chi connectivity index (χ3n) is 4.83. The van der Waals surface area contributed by atoms with Crippen molar-refractivity contribution in [3.8, 4) is 5.75 Å². The van der Waals surface area contributed by atoms with Crippen LogP contribution in [0.4, 0.5) is 26.3 Å². The normalized spacial score (nSPS) is 16.2. The van der Waals surface area contributed by atoms with E-state index in [4.69, 9.17) is 4.74 Å². The lowest BCUT2D eigenvalue weighted by atomic mass is 9.73. The van der Waals surface area contributed by atoms with Gasteiger partial charge in [-0.3, -0.25) is 4.39 Å². The van der Waals surface area contributed by atoms with Crippen molar-refractivity contribution in [3.05, 3.63) is 64.7 Å². The van der Waals surface area contributed by atoms with Crippen LogP contribution in [0.5, 0.6) is 5.75 Å². The number of alkyl halides is 4. The molecule has 0 aliphatic heterocycles. The molecule has 2 aromatic carbocycles. The van der Waals surface area contributed by atoms with Crippen molar-refractivity contribution in [2.45, 2.75) is 43.9 Å². The van der Waals surface area contributed by atoms with Crippen molar-refractivity contribution >= 4 is 0 Å². The molecule has 0 heterocycles. The summed E-state index contributed by atoms with van der Waals surface area (Å²) in [5.74, 6) is -1.91. The lowest BCUT2D eigenvalue weighted by Crippen LogP contribution is -2.39. The molecule has 0 saturated heterocycles. The Labute approximate surface area is 165 Å². The van der Waals surface area contributed by atoms with E-state index in [-0.39, 0.29) is 23.3 Å². The van der Waals surface area contributed by atoms with Crippen LogP contribution in [0.1, 0.15) is 37.0 Å². The van der Waals surface area contributed by atoms with Gasteiger partial charge in [0.05, 0.1) is 24.9 Å². The van der Waals surface area contributed by atoms with Crippen molar-refractivity contribution in [1.29, 1.82) is 0 Å². The molecule has 0 amide bonds. The molecule has 0 aromatic heterocycles. The summed E-state index contributed by atoms with van der Waals surface area (Å²) < 4.78 is 86.0. The van der Waals surface area contributed by atoms with E-state index >= 15 is 0 Å². The second kappa shape index (κ2) is 8.26. The van der Waals surface area contributed by atoms with E-state index in [0.717, 1.165) is 24.3 Å². The molecule has 0 fully saturated rings. The molecule has 8 heteroatoms. The predicted molar refractivity (Wildman–Crippen MR) is 96.6 cm³/mol. The minimum absolute atomic E-state index is 0.160. The number of hydrogen-bond acceptors (Lipinski definition) is 2.